The smallest absolute Gasteiger partial charge is 0.266 e. The minimum atomic E-state index is -0.696. The van der Waals surface area contributed by atoms with E-state index in [4.69, 9.17) is 9.37 Å². The molecule has 0 aliphatic rings. The number of ether oxygens (including phenoxy) is 1. The van der Waals surface area contributed by atoms with Crippen LogP contribution in [0.5, 0.6) is 5.75 Å². The van der Waals surface area contributed by atoms with E-state index in [2.05, 4.69) is 15.6 Å². The highest BCUT2D eigenvalue weighted by molar-refractivity contribution is 5.96. The Hall–Kier alpha value is -3.15. The normalized spacial score (nSPS) is 11.8. The summed E-state index contributed by atoms with van der Waals surface area (Å²) < 4.78 is 10.6. The molecule has 0 saturated carbocycles. The number of amides is 1. The van der Waals surface area contributed by atoms with Gasteiger partial charge < -0.3 is 10.1 Å². The van der Waals surface area contributed by atoms with Gasteiger partial charge in [0, 0.05) is 5.56 Å². The molecule has 1 amide bonds. The summed E-state index contributed by atoms with van der Waals surface area (Å²) in [6, 6.07) is 13.5. The average molecular weight is 351 g/mol. The van der Waals surface area contributed by atoms with Crippen LogP contribution in [0.2, 0.25) is 0 Å². The Morgan fingerprint density at radius 2 is 1.81 bits per heavy atom. The van der Waals surface area contributed by atoms with Gasteiger partial charge in [0.2, 0.25) is 5.82 Å². The van der Waals surface area contributed by atoms with Gasteiger partial charge in [0.05, 0.1) is 0 Å². The maximum Gasteiger partial charge on any atom is 0.266 e. The Labute approximate surface area is 152 Å². The van der Waals surface area contributed by atoms with Crippen LogP contribution in [0, 0.1) is 20.8 Å². The Kier molecular flexibility index (Phi) is 5.02. The van der Waals surface area contributed by atoms with E-state index in [-0.39, 0.29) is 11.7 Å². The van der Waals surface area contributed by atoms with Crippen LogP contribution < -0.4 is 10.1 Å². The van der Waals surface area contributed by atoms with Crippen LogP contribution in [0.25, 0.3) is 11.3 Å². The fourth-order valence-corrected chi connectivity index (χ4v) is 2.49. The molecule has 6 nitrogen and oxygen atoms in total. The number of carbonyl (C=O) groups is 1. The Balaban J connectivity index is 1.73. The Bertz CT molecular complexity index is 916. The molecule has 0 saturated heterocycles. The highest BCUT2D eigenvalue weighted by Crippen LogP contribution is 2.25. The van der Waals surface area contributed by atoms with Crippen LogP contribution in [-0.4, -0.2) is 22.3 Å². The van der Waals surface area contributed by atoms with Crippen molar-refractivity contribution < 1.29 is 14.2 Å². The number of anilines is 1. The molecule has 26 heavy (non-hydrogen) atoms. The van der Waals surface area contributed by atoms with Crippen molar-refractivity contribution in [3.8, 4) is 17.0 Å². The zero-order valence-corrected chi connectivity index (χ0v) is 15.2. The van der Waals surface area contributed by atoms with Crippen molar-refractivity contribution in [2.45, 2.75) is 33.8 Å². The van der Waals surface area contributed by atoms with Gasteiger partial charge in [-0.15, -0.1) is 0 Å². The summed E-state index contributed by atoms with van der Waals surface area (Å²) >= 11 is 0. The van der Waals surface area contributed by atoms with Crippen molar-refractivity contribution in [3.63, 3.8) is 0 Å². The van der Waals surface area contributed by atoms with Gasteiger partial charge in [-0.1, -0.05) is 42.0 Å². The van der Waals surface area contributed by atoms with Crippen LogP contribution in [0.15, 0.2) is 47.1 Å². The lowest BCUT2D eigenvalue weighted by Gasteiger charge is -2.16. The number of aryl methyl sites for hydroxylation is 2. The molecule has 3 aromatic rings. The van der Waals surface area contributed by atoms with E-state index in [1.165, 1.54) is 0 Å². The van der Waals surface area contributed by atoms with Crippen LogP contribution in [0.1, 0.15) is 23.6 Å². The van der Waals surface area contributed by atoms with Crippen molar-refractivity contribution in [2.75, 3.05) is 5.32 Å². The van der Waals surface area contributed by atoms with Gasteiger partial charge in [-0.3, -0.25) is 4.79 Å². The quantitative estimate of drug-likeness (QED) is 0.750. The molecular weight excluding hydrogens is 330 g/mol. The Morgan fingerprint density at radius 3 is 2.54 bits per heavy atom. The molecule has 1 aromatic heterocycles. The average Bonchev–Trinajstić information content (AvgIpc) is 3.07. The second kappa shape index (κ2) is 7.39. The lowest BCUT2D eigenvalue weighted by Crippen LogP contribution is -2.30. The minimum Gasteiger partial charge on any atom is -0.481 e. The number of nitrogens with zero attached hydrogens (tertiary/aromatic N) is 2. The zero-order valence-electron chi connectivity index (χ0n) is 15.2. The van der Waals surface area contributed by atoms with E-state index in [0.29, 0.717) is 11.4 Å². The third kappa shape index (κ3) is 3.74. The summed E-state index contributed by atoms with van der Waals surface area (Å²) in [5, 5.41) is 10.4. The van der Waals surface area contributed by atoms with Crippen molar-refractivity contribution in [1.29, 1.82) is 0 Å². The number of nitrogens with one attached hydrogen (secondary N) is 1. The second-order valence-electron chi connectivity index (χ2n) is 6.27. The summed E-state index contributed by atoms with van der Waals surface area (Å²) in [5.41, 5.74) is 4.55. The Morgan fingerprint density at radius 1 is 1.08 bits per heavy atom. The molecule has 134 valence electrons. The van der Waals surface area contributed by atoms with E-state index < -0.39 is 6.10 Å². The van der Waals surface area contributed by atoms with Crippen molar-refractivity contribution in [3.05, 3.63) is 59.2 Å². The summed E-state index contributed by atoms with van der Waals surface area (Å²) in [4.78, 5) is 12.5. The monoisotopic (exact) mass is 351 g/mol. The molecule has 1 atom stereocenters. The molecule has 1 N–H and O–H groups in total. The number of carbonyl (C=O) groups excluding carboxylic acids is 1. The van der Waals surface area contributed by atoms with Gasteiger partial charge >= 0.3 is 0 Å². The van der Waals surface area contributed by atoms with Crippen LogP contribution >= 0.6 is 0 Å². The highest BCUT2D eigenvalue weighted by Gasteiger charge is 2.21. The van der Waals surface area contributed by atoms with E-state index in [1.807, 2.05) is 63.2 Å². The first-order valence-electron chi connectivity index (χ1n) is 8.39. The maximum absolute atomic E-state index is 12.5. The summed E-state index contributed by atoms with van der Waals surface area (Å²) in [6.45, 7) is 7.66. The van der Waals surface area contributed by atoms with E-state index >= 15 is 0 Å². The number of rotatable bonds is 5. The molecule has 0 aliphatic carbocycles. The second-order valence-corrected chi connectivity index (χ2v) is 6.27. The van der Waals surface area contributed by atoms with Gasteiger partial charge in [0.15, 0.2) is 11.8 Å². The number of benzene rings is 2. The van der Waals surface area contributed by atoms with E-state index in [9.17, 15) is 4.79 Å². The SMILES string of the molecule is Cc1ccc(-c2nonc2NC(=O)[C@H](C)Oc2cccc(C)c2C)cc1. The van der Waals surface area contributed by atoms with E-state index in [0.717, 1.165) is 22.3 Å². The molecule has 3 rings (SSSR count). The predicted molar refractivity (Wildman–Crippen MR) is 99.1 cm³/mol. The molecule has 1 heterocycles. The van der Waals surface area contributed by atoms with Gasteiger partial charge in [-0.25, -0.2) is 4.63 Å². The molecular formula is C20H21N3O3. The first kappa shape index (κ1) is 17.7. The fourth-order valence-electron chi connectivity index (χ4n) is 2.49. The topological polar surface area (TPSA) is 77.3 Å². The maximum atomic E-state index is 12.5. The summed E-state index contributed by atoms with van der Waals surface area (Å²) in [5.74, 6) is 0.634. The molecule has 6 heteroatoms. The third-order valence-electron chi connectivity index (χ3n) is 4.28. The van der Waals surface area contributed by atoms with Crippen LogP contribution in [-0.2, 0) is 4.79 Å². The molecule has 0 unspecified atom stereocenters. The largest absolute Gasteiger partial charge is 0.481 e. The predicted octanol–water partition coefficient (Wildman–Crippen LogP) is 4.07. The van der Waals surface area contributed by atoms with Crippen LogP contribution in [0.3, 0.4) is 0 Å². The standard InChI is InChI=1S/C20H21N3O3/c1-12-8-10-16(11-9-12)18-19(23-26-22-18)21-20(24)15(4)25-17-7-5-6-13(2)14(17)3/h5-11,15H,1-4H3,(H,21,23,24)/t15-/m0/s1. The molecule has 0 radical (unpaired) electrons. The molecule has 0 aliphatic heterocycles. The lowest BCUT2D eigenvalue weighted by atomic mass is 10.1. The highest BCUT2D eigenvalue weighted by atomic mass is 16.6. The third-order valence-corrected chi connectivity index (χ3v) is 4.28. The first-order chi connectivity index (χ1) is 12.5. The number of hydrogen-bond donors (Lipinski definition) is 1. The van der Waals surface area contributed by atoms with Gasteiger partial charge in [0.1, 0.15) is 5.75 Å². The van der Waals surface area contributed by atoms with Gasteiger partial charge in [0.25, 0.3) is 5.91 Å². The van der Waals surface area contributed by atoms with Gasteiger partial charge in [-0.2, -0.15) is 0 Å². The first-order valence-corrected chi connectivity index (χ1v) is 8.39. The van der Waals surface area contributed by atoms with Gasteiger partial charge in [-0.05, 0) is 55.2 Å². The minimum absolute atomic E-state index is 0.273. The van der Waals surface area contributed by atoms with Crippen LogP contribution in [0.4, 0.5) is 5.82 Å². The van der Waals surface area contributed by atoms with Crippen molar-refractivity contribution in [1.82, 2.24) is 10.3 Å². The number of hydrogen-bond acceptors (Lipinski definition) is 5. The summed E-state index contributed by atoms with van der Waals surface area (Å²) in [7, 11) is 0. The van der Waals surface area contributed by atoms with E-state index in [1.54, 1.807) is 6.92 Å². The summed E-state index contributed by atoms with van der Waals surface area (Å²) in [6.07, 6.45) is -0.696. The molecule has 2 aromatic carbocycles. The molecule has 0 spiro atoms. The van der Waals surface area contributed by atoms with Crippen molar-refractivity contribution >= 4 is 11.7 Å². The zero-order chi connectivity index (χ0) is 18.7. The van der Waals surface area contributed by atoms with Crippen molar-refractivity contribution in [2.24, 2.45) is 0 Å². The fraction of sp³-hybridized carbons (Fsp3) is 0.250. The lowest BCUT2D eigenvalue weighted by molar-refractivity contribution is -0.122. The molecule has 0 fully saturated rings. The number of aromatic nitrogens is 2. The molecule has 0 bridgehead atoms.